The number of carbonyl (C=O) groups is 2. The molecule has 0 saturated carbocycles. The highest BCUT2D eigenvalue weighted by molar-refractivity contribution is 5.98. The first-order valence-corrected chi connectivity index (χ1v) is 6.39. The van der Waals surface area contributed by atoms with Gasteiger partial charge in [-0.15, -0.1) is 0 Å². The molecule has 1 aliphatic heterocycles. The summed E-state index contributed by atoms with van der Waals surface area (Å²) in [4.78, 5) is 25.6. The first kappa shape index (κ1) is 13.5. The lowest BCUT2D eigenvalue weighted by atomic mass is 10.1. The van der Waals surface area contributed by atoms with Crippen LogP contribution < -0.4 is 5.32 Å². The molecule has 4 nitrogen and oxygen atoms in total. The Labute approximate surface area is 111 Å². The monoisotopic (exact) mass is 264 g/mol. The first-order valence-electron chi connectivity index (χ1n) is 6.39. The van der Waals surface area contributed by atoms with Gasteiger partial charge >= 0.3 is 0 Å². The van der Waals surface area contributed by atoms with E-state index in [1.807, 2.05) is 6.92 Å². The van der Waals surface area contributed by atoms with Gasteiger partial charge in [0.15, 0.2) is 0 Å². The molecule has 1 fully saturated rings. The fourth-order valence-corrected chi connectivity index (χ4v) is 2.32. The normalized spacial score (nSPS) is 19.2. The van der Waals surface area contributed by atoms with Crippen LogP contribution in [0.2, 0.25) is 0 Å². The van der Waals surface area contributed by atoms with Crippen LogP contribution >= 0.6 is 0 Å². The molecule has 1 aromatic carbocycles. The zero-order valence-corrected chi connectivity index (χ0v) is 11.1. The second-order valence-electron chi connectivity index (χ2n) is 4.70. The zero-order valence-electron chi connectivity index (χ0n) is 11.1. The number of benzene rings is 1. The molecule has 1 aliphatic rings. The molecule has 1 heterocycles. The van der Waals surface area contributed by atoms with Gasteiger partial charge in [-0.05, 0) is 25.5 Å². The van der Waals surface area contributed by atoms with E-state index in [1.54, 1.807) is 13.0 Å². The van der Waals surface area contributed by atoms with Crippen LogP contribution in [0.1, 0.15) is 29.3 Å². The van der Waals surface area contributed by atoms with Crippen LogP contribution in [-0.2, 0) is 4.79 Å². The van der Waals surface area contributed by atoms with Crippen LogP contribution in [0.4, 0.5) is 4.39 Å². The van der Waals surface area contributed by atoms with Gasteiger partial charge in [0.25, 0.3) is 5.91 Å². The summed E-state index contributed by atoms with van der Waals surface area (Å²) in [5, 5.41) is 2.72. The van der Waals surface area contributed by atoms with Gasteiger partial charge < -0.3 is 10.2 Å². The molecule has 2 rings (SSSR count). The number of halogens is 1. The molecule has 19 heavy (non-hydrogen) atoms. The molecule has 0 bridgehead atoms. The summed E-state index contributed by atoms with van der Waals surface area (Å²) >= 11 is 0. The van der Waals surface area contributed by atoms with E-state index in [2.05, 4.69) is 5.32 Å². The third-order valence-electron chi connectivity index (χ3n) is 3.33. The van der Waals surface area contributed by atoms with Crippen molar-refractivity contribution in [1.29, 1.82) is 0 Å². The average molecular weight is 264 g/mol. The molecule has 0 aliphatic carbocycles. The molecule has 0 aromatic heterocycles. The van der Waals surface area contributed by atoms with E-state index < -0.39 is 17.8 Å². The Hall–Kier alpha value is -1.91. The standard InChI is InChI=1S/C14H17FN2O2/c1-3-12-13(18)16-6-7-17(12)14(19)10-8-9(2)4-5-11(10)15/h4-5,8,12H,3,6-7H2,1-2H3,(H,16,18). The molecule has 0 spiro atoms. The molecule has 1 unspecified atom stereocenters. The van der Waals surface area contributed by atoms with Crippen LogP contribution in [0.3, 0.4) is 0 Å². The Bertz CT molecular complexity index is 516. The SMILES string of the molecule is CCC1C(=O)NCCN1C(=O)c1cc(C)ccc1F. The molecule has 1 N–H and O–H groups in total. The Morgan fingerprint density at radius 1 is 1.53 bits per heavy atom. The van der Waals surface area contributed by atoms with Crippen LogP contribution in [0.15, 0.2) is 18.2 Å². The fourth-order valence-electron chi connectivity index (χ4n) is 2.32. The van der Waals surface area contributed by atoms with E-state index in [0.717, 1.165) is 5.56 Å². The van der Waals surface area contributed by atoms with Crippen LogP contribution in [0.5, 0.6) is 0 Å². The predicted octanol–water partition coefficient (Wildman–Crippen LogP) is 1.48. The summed E-state index contributed by atoms with van der Waals surface area (Å²) in [6.07, 6.45) is 0.519. The Balaban J connectivity index is 2.32. The summed E-state index contributed by atoms with van der Waals surface area (Å²) in [5.41, 5.74) is 0.854. The van der Waals surface area contributed by atoms with Gasteiger partial charge in [-0.1, -0.05) is 18.6 Å². The highest BCUT2D eigenvalue weighted by atomic mass is 19.1. The third kappa shape index (κ3) is 2.59. The van der Waals surface area contributed by atoms with E-state index >= 15 is 0 Å². The molecule has 102 valence electrons. The predicted molar refractivity (Wildman–Crippen MR) is 69.3 cm³/mol. The number of nitrogens with one attached hydrogen (secondary N) is 1. The Morgan fingerprint density at radius 2 is 2.26 bits per heavy atom. The topological polar surface area (TPSA) is 49.4 Å². The first-order chi connectivity index (χ1) is 9.04. The van der Waals surface area contributed by atoms with Gasteiger partial charge in [0.1, 0.15) is 11.9 Å². The van der Waals surface area contributed by atoms with Crippen LogP contribution in [0.25, 0.3) is 0 Å². The van der Waals surface area contributed by atoms with E-state index in [0.29, 0.717) is 19.5 Å². The minimum Gasteiger partial charge on any atom is -0.353 e. The highest BCUT2D eigenvalue weighted by Gasteiger charge is 2.33. The van der Waals surface area contributed by atoms with Crippen molar-refractivity contribution < 1.29 is 14.0 Å². The Morgan fingerprint density at radius 3 is 2.95 bits per heavy atom. The largest absolute Gasteiger partial charge is 0.353 e. The van der Waals surface area contributed by atoms with Crippen molar-refractivity contribution in [1.82, 2.24) is 10.2 Å². The van der Waals surface area contributed by atoms with E-state index in [-0.39, 0.29) is 11.5 Å². The van der Waals surface area contributed by atoms with Crippen molar-refractivity contribution in [2.24, 2.45) is 0 Å². The van der Waals surface area contributed by atoms with E-state index in [4.69, 9.17) is 0 Å². The van der Waals surface area contributed by atoms with Crippen molar-refractivity contribution in [2.45, 2.75) is 26.3 Å². The molecule has 1 saturated heterocycles. The van der Waals surface area contributed by atoms with Crippen molar-refractivity contribution in [2.75, 3.05) is 13.1 Å². The lowest BCUT2D eigenvalue weighted by molar-refractivity contribution is -0.127. The van der Waals surface area contributed by atoms with Crippen LogP contribution in [0, 0.1) is 12.7 Å². The number of nitrogens with zero attached hydrogens (tertiary/aromatic N) is 1. The number of carbonyl (C=O) groups excluding carboxylic acids is 2. The van der Waals surface area contributed by atoms with Crippen LogP contribution in [-0.4, -0.2) is 35.8 Å². The van der Waals surface area contributed by atoms with E-state index in [1.165, 1.54) is 17.0 Å². The van der Waals surface area contributed by atoms with Crippen molar-refractivity contribution in [3.05, 3.63) is 35.1 Å². The van der Waals surface area contributed by atoms with Crippen molar-refractivity contribution in [3.8, 4) is 0 Å². The fraction of sp³-hybridized carbons (Fsp3) is 0.429. The number of aryl methyl sites for hydroxylation is 1. The summed E-state index contributed by atoms with van der Waals surface area (Å²) in [6, 6.07) is 3.91. The van der Waals surface area contributed by atoms with Crippen molar-refractivity contribution in [3.63, 3.8) is 0 Å². The smallest absolute Gasteiger partial charge is 0.257 e. The van der Waals surface area contributed by atoms with Gasteiger partial charge in [0.05, 0.1) is 5.56 Å². The molecule has 1 atom stereocenters. The summed E-state index contributed by atoms with van der Waals surface area (Å²) in [7, 11) is 0. The van der Waals surface area contributed by atoms with Crippen molar-refractivity contribution >= 4 is 11.8 Å². The van der Waals surface area contributed by atoms with E-state index in [9.17, 15) is 14.0 Å². The minimum absolute atomic E-state index is 0.0353. The number of hydrogen-bond acceptors (Lipinski definition) is 2. The van der Waals surface area contributed by atoms with Gasteiger partial charge in [-0.25, -0.2) is 4.39 Å². The molecular formula is C14H17FN2O2. The summed E-state index contributed by atoms with van der Waals surface area (Å²) in [5.74, 6) is -1.13. The van der Waals surface area contributed by atoms with Gasteiger partial charge in [0, 0.05) is 13.1 Å². The average Bonchev–Trinajstić information content (AvgIpc) is 2.40. The quantitative estimate of drug-likeness (QED) is 0.879. The lowest BCUT2D eigenvalue weighted by Gasteiger charge is -2.34. The van der Waals surface area contributed by atoms with Gasteiger partial charge in [-0.2, -0.15) is 0 Å². The molecular weight excluding hydrogens is 247 g/mol. The minimum atomic E-state index is -0.545. The maximum Gasteiger partial charge on any atom is 0.257 e. The summed E-state index contributed by atoms with van der Waals surface area (Å²) in [6.45, 7) is 4.46. The Kier molecular flexibility index (Phi) is 3.83. The number of hydrogen-bond donors (Lipinski definition) is 1. The maximum atomic E-state index is 13.8. The number of rotatable bonds is 2. The molecule has 5 heteroatoms. The highest BCUT2D eigenvalue weighted by Crippen LogP contribution is 2.17. The molecule has 2 amide bonds. The van der Waals surface area contributed by atoms with Gasteiger partial charge in [0.2, 0.25) is 5.91 Å². The third-order valence-corrected chi connectivity index (χ3v) is 3.33. The second-order valence-corrected chi connectivity index (χ2v) is 4.70. The number of amides is 2. The van der Waals surface area contributed by atoms with Gasteiger partial charge in [-0.3, -0.25) is 9.59 Å². The zero-order chi connectivity index (χ0) is 14.0. The summed E-state index contributed by atoms with van der Waals surface area (Å²) < 4.78 is 13.8. The number of piperazine rings is 1. The molecule has 0 radical (unpaired) electrons. The lowest BCUT2D eigenvalue weighted by Crippen LogP contribution is -2.57. The molecule has 1 aromatic rings. The second kappa shape index (κ2) is 5.38. The maximum absolute atomic E-state index is 13.8.